The fourth-order valence-corrected chi connectivity index (χ4v) is 0.183. The second kappa shape index (κ2) is 8.91. The summed E-state index contributed by atoms with van der Waals surface area (Å²) < 4.78 is 0. The first-order valence-corrected chi connectivity index (χ1v) is 2.47. The topological polar surface area (TPSA) is 102 Å². The molecule has 0 radical (unpaired) electrons. The zero-order chi connectivity index (χ0) is 8.69. The van der Waals surface area contributed by atoms with Gasteiger partial charge >= 0.3 is 41.5 Å². The first-order chi connectivity index (χ1) is 5.13. The van der Waals surface area contributed by atoms with E-state index in [1.54, 1.807) is 0 Å². The molecule has 0 aliphatic heterocycles. The van der Waals surface area contributed by atoms with Gasteiger partial charge < -0.3 is 11.6 Å². The van der Waals surface area contributed by atoms with Crippen LogP contribution in [-0.2, 0) is 24.4 Å². The van der Waals surface area contributed by atoms with Crippen molar-refractivity contribution >= 4 is 11.9 Å². The molecule has 0 bridgehead atoms. The molecule has 0 aromatic carbocycles. The molecule has 0 fully saturated rings. The Hall–Kier alpha value is -0.180. The van der Waals surface area contributed by atoms with E-state index in [0.29, 0.717) is 0 Å². The molecule has 0 rings (SSSR count). The van der Waals surface area contributed by atoms with Crippen LogP contribution in [0.4, 0.5) is 0 Å². The van der Waals surface area contributed by atoms with Gasteiger partial charge in [-0.25, -0.2) is 9.59 Å². The second-order valence-electron chi connectivity index (χ2n) is 1.38. The number of rotatable bonds is 6. The van der Waals surface area contributed by atoms with Crippen molar-refractivity contribution in [3.8, 4) is 0 Å². The van der Waals surface area contributed by atoms with Crippen LogP contribution in [0.3, 0.4) is 0 Å². The summed E-state index contributed by atoms with van der Waals surface area (Å²) in [6, 6.07) is 0. The number of hydrogen-bond donors (Lipinski definition) is 2. The van der Waals surface area contributed by atoms with Crippen LogP contribution in [0.2, 0.25) is 0 Å². The summed E-state index contributed by atoms with van der Waals surface area (Å²) in [6.07, 6.45) is 0. The van der Waals surface area contributed by atoms with Crippen LogP contribution in [0.5, 0.6) is 0 Å². The van der Waals surface area contributed by atoms with Crippen molar-refractivity contribution in [3.63, 3.8) is 0 Å². The molecule has 12 heavy (non-hydrogen) atoms. The van der Waals surface area contributed by atoms with Gasteiger partial charge in [0.1, 0.15) is 0 Å². The smallest absolute Gasteiger partial charge is 1.00 e. The Kier molecular flexibility index (Phi) is 10.7. The first kappa shape index (κ1) is 14.3. The van der Waals surface area contributed by atoms with Crippen LogP contribution in [0.1, 0.15) is 1.43 Å². The minimum Gasteiger partial charge on any atom is -1.00 e. The van der Waals surface area contributed by atoms with Crippen LogP contribution in [-0.4, -0.2) is 35.4 Å². The van der Waals surface area contributed by atoms with Crippen LogP contribution in [0.25, 0.3) is 0 Å². The standard InChI is InChI=1S/C4H6O7.Na.H/c5-3(6)1-9-11-10-2-4(7)8;;/h1-2H2,(H,5,6)(H,7,8);;/q;+1;-1. The van der Waals surface area contributed by atoms with Gasteiger partial charge in [0.2, 0.25) is 0 Å². The fourth-order valence-electron chi connectivity index (χ4n) is 0.183. The first-order valence-electron chi connectivity index (χ1n) is 2.47. The van der Waals surface area contributed by atoms with Crippen molar-refractivity contribution in [2.75, 3.05) is 13.2 Å². The Morgan fingerprint density at radius 3 is 1.67 bits per heavy atom. The van der Waals surface area contributed by atoms with E-state index in [-0.39, 0.29) is 31.0 Å². The maximum atomic E-state index is 9.72. The Bertz CT molecular complexity index is 135. The van der Waals surface area contributed by atoms with Gasteiger partial charge in [0.25, 0.3) is 0 Å². The van der Waals surface area contributed by atoms with Crippen LogP contribution < -0.4 is 29.6 Å². The minimum atomic E-state index is -1.25. The van der Waals surface area contributed by atoms with Gasteiger partial charge in [0.15, 0.2) is 13.2 Å². The number of carboxylic acid groups (broad SMARTS) is 2. The van der Waals surface area contributed by atoms with E-state index < -0.39 is 25.2 Å². The summed E-state index contributed by atoms with van der Waals surface area (Å²) in [7, 11) is 0. The van der Waals surface area contributed by atoms with E-state index in [0.717, 1.165) is 0 Å². The largest absolute Gasteiger partial charge is 1.00 e. The average Bonchev–Trinajstić information content (AvgIpc) is 1.85. The Balaban J connectivity index is -0.000000500. The van der Waals surface area contributed by atoms with E-state index >= 15 is 0 Å². The summed E-state index contributed by atoms with van der Waals surface area (Å²) in [5, 5.41) is 19.6. The van der Waals surface area contributed by atoms with Crippen molar-refractivity contribution in [1.29, 1.82) is 0 Å². The average molecular weight is 190 g/mol. The molecular weight excluding hydrogens is 183 g/mol. The molecule has 0 aliphatic carbocycles. The van der Waals surface area contributed by atoms with E-state index in [1.807, 2.05) is 0 Å². The normalized spacial score (nSPS) is 8.67. The second-order valence-corrected chi connectivity index (χ2v) is 1.38. The molecule has 0 spiro atoms. The molecule has 2 N–H and O–H groups in total. The third kappa shape index (κ3) is 12.5. The summed E-state index contributed by atoms with van der Waals surface area (Å²) in [4.78, 5) is 27.2. The van der Waals surface area contributed by atoms with Gasteiger partial charge in [0, 0.05) is 0 Å². The monoisotopic (exact) mass is 190 g/mol. The molecular formula is C4H7NaO7. The van der Waals surface area contributed by atoms with Gasteiger partial charge in [-0.2, -0.15) is 9.78 Å². The molecule has 66 valence electrons. The summed E-state index contributed by atoms with van der Waals surface area (Å²) >= 11 is 0. The van der Waals surface area contributed by atoms with Crippen molar-refractivity contribution in [1.82, 2.24) is 0 Å². The van der Waals surface area contributed by atoms with Gasteiger partial charge in [-0.15, -0.1) is 0 Å². The van der Waals surface area contributed by atoms with Gasteiger partial charge in [-0.3, -0.25) is 0 Å². The molecule has 0 amide bonds. The number of hydrogen-bond acceptors (Lipinski definition) is 5. The van der Waals surface area contributed by atoms with Gasteiger partial charge in [-0.1, -0.05) is 5.04 Å². The number of carbonyl (C=O) groups is 2. The fraction of sp³-hybridized carbons (Fsp3) is 0.500. The zero-order valence-corrected chi connectivity index (χ0v) is 8.35. The number of aliphatic carboxylic acids is 2. The van der Waals surface area contributed by atoms with E-state index in [1.165, 1.54) is 0 Å². The molecule has 0 saturated heterocycles. The van der Waals surface area contributed by atoms with E-state index in [2.05, 4.69) is 14.8 Å². The third-order valence-corrected chi connectivity index (χ3v) is 0.461. The molecule has 0 heterocycles. The van der Waals surface area contributed by atoms with Crippen LogP contribution in [0, 0.1) is 0 Å². The number of carboxylic acids is 2. The Morgan fingerprint density at radius 1 is 1.08 bits per heavy atom. The van der Waals surface area contributed by atoms with Crippen molar-refractivity contribution in [2.24, 2.45) is 0 Å². The SMILES string of the molecule is O=C(O)COOOCC(=O)O.[H-].[Na+]. The molecule has 0 aromatic rings. The zero-order valence-electron chi connectivity index (χ0n) is 7.35. The van der Waals surface area contributed by atoms with Crippen molar-refractivity contribution in [3.05, 3.63) is 0 Å². The van der Waals surface area contributed by atoms with Gasteiger partial charge in [0.05, 0.1) is 0 Å². The molecule has 7 nitrogen and oxygen atoms in total. The maximum absolute atomic E-state index is 9.72. The predicted molar refractivity (Wildman–Crippen MR) is 29.4 cm³/mol. The molecule has 8 heteroatoms. The summed E-state index contributed by atoms with van der Waals surface area (Å²) in [5.74, 6) is -2.49. The van der Waals surface area contributed by atoms with E-state index in [4.69, 9.17) is 10.2 Å². The third-order valence-electron chi connectivity index (χ3n) is 0.461. The molecule has 0 saturated carbocycles. The predicted octanol–water partition coefficient (Wildman–Crippen LogP) is -3.85. The molecule has 0 aromatic heterocycles. The van der Waals surface area contributed by atoms with Crippen molar-refractivity contribution < 1.29 is 65.6 Å². The van der Waals surface area contributed by atoms with E-state index in [9.17, 15) is 9.59 Å². The Labute approximate surface area is 90.8 Å². The molecule has 0 atom stereocenters. The van der Waals surface area contributed by atoms with Crippen LogP contribution in [0.15, 0.2) is 0 Å². The molecule has 0 aliphatic rings. The summed E-state index contributed by atoms with van der Waals surface area (Å²) in [5.41, 5.74) is 0. The summed E-state index contributed by atoms with van der Waals surface area (Å²) in [6.45, 7) is -1.42. The maximum Gasteiger partial charge on any atom is 1.00 e. The minimum absolute atomic E-state index is 0. The van der Waals surface area contributed by atoms with Gasteiger partial charge in [-0.05, 0) is 0 Å². The quantitative estimate of drug-likeness (QED) is 0.191. The van der Waals surface area contributed by atoms with Crippen molar-refractivity contribution in [2.45, 2.75) is 0 Å². The van der Waals surface area contributed by atoms with Crippen LogP contribution >= 0.6 is 0 Å². The molecule has 0 unspecified atom stereocenters. The Morgan fingerprint density at radius 2 is 1.42 bits per heavy atom.